The predicted molar refractivity (Wildman–Crippen MR) is 104 cm³/mol. The van der Waals surface area contributed by atoms with Crippen LogP contribution in [0.25, 0.3) is 22.3 Å². The average molecular weight is 350 g/mol. The van der Waals surface area contributed by atoms with Crippen LogP contribution in [0.3, 0.4) is 0 Å². The van der Waals surface area contributed by atoms with Gasteiger partial charge in [-0.05, 0) is 46.5 Å². The van der Waals surface area contributed by atoms with E-state index in [2.05, 4.69) is 24.3 Å². The van der Waals surface area contributed by atoms with Gasteiger partial charge in [0.05, 0.1) is 28.4 Å². The van der Waals surface area contributed by atoms with Crippen LogP contribution in [-0.4, -0.2) is 28.4 Å². The van der Waals surface area contributed by atoms with Gasteiger partial charge < -0.3 is 18.9 Å². The molecule has 3 aromatic carbocycles. The lowest BCUT2D eigenvalue weighted by Crippen LogP contribution is -1.91. The van der Waals surface area contributed by atoms with E-state index in [-0.39, 0.29) is 0 Å². The van der Waals surface area contributed by atoms with Crippen molar-refractivity contribution in [3.8, 4) is 45.3 Å². The maximum atomic E-state index is 5.39. The fourth-order valence-electron chi connectivity index (χ4n) is 2.89. The third-order valence-electron chi connectivity index (χ3n) is 4.32. The predicted octanol–water partition coefficient (Wildman–Crippen LogP) is 5.06. The fourth-order valence-corrected chi connectivity index (χ4v) is 2.89. The quantitative estimate of drug-likeness (QED) is 0.623. The van der Waals surface area contributed by atoms with Gasteiger partial charge in [-0.2, -0.15) is 0 Å². The summed E-state index contributed by atoms with van der Waals surface area (Å²) in [6.07, 6.45) is 0. The van der Waals surface area contributed by atoms with Crippen LogP contribution in [0.5, 0.6) is 23.0 Å². The molecule has 26 heavy (non-hydrogen) atoms. The molecule has 134 valence electrons. The molecule has 3 rings (SSSR count). The molecule has 4 heteroatoms. The number of methoxy groups -OCH3 is 4. The minimum absolute atomic E-state index is 0.717. The molecule has 0 aliphatic carbocycles. The molecule has 0 N–H and O–H groups in total. The van der Waals surface area contributed by atoms with Crippen molar-refractivity contribution < 1.29 is 18.9 Å². The Morgan fingerprint density at radius 1 is 0.385 bits per heavy atom. The second kappa shape index (κ2) is 7.83. The highest BCUT2D eigenvalue weighted by Crippen LogP contribution is 2.35. The van der Waals surface area contributed by atoms with Gasteiger partial charge in [0.2, 0.25) is 0 Å². The van der Waals surface area contributed by atoms with E-state index in [9.17, 15) is 0 Å². The molecule has 0 heterocycles. The second-order valence-electron chi connectivity index (χ2n) is 5.72. The van der Waals surface area contributed by atoms with Gasteiger partial charge in [0.25, 0.3) is 0 Å². The summed E-state index contributed by atoms with van der Waals surface area (Å²) in [5.74, 6) is 2.87. The highest BCUT2D eigenvalue weighted by molar-refractivity contribution is 5.73. The molecule has 0 fully saturated rings. The summed E-state index contributed by atoms with van der Waals surface area (Å²) in [4.78, 5) is 0. The Morgan fingerprint density at radius 2 is 0.692 bits per heavy atom. The topological polar surface area (TPSA) is 36.9 Å². The molecule has 0 unspecified atom stereocenters. The lowest BCUT2D eigenvalue weighted by Gasteiger charge is -2.11. The molecule has 0 saturated carbocycles. The van der Waals surface area contributed by atoms with Crippen molar-refractivity contribution in [1.29, 1.82) is 0 Å². The first kappa shape index (κ1) is 17.7. The summed E-state index contributed by atoms with van der Waals surface area (Å²) in [6, 6.07) is 20.2. The van der Waals surface area contributed by atoms with Gasteiger partial charge in [0, 0.05) is 0 Å². The summed E-state index contributed by atoms with van der Waals surface area (Å²) < 4.78 is 21.4. The molecule has 0 bridgehead atoms. The minimum atomic E-state index is 0.717. The SMILES string of the molecule is COc1ccc(-c2ccc(-c3ccc(OC)c(OC)c3)cc2)cc1OC. The number of hydrogen-bond acceptors (Lipinski definition) is 4. The van der Waals surface area contributed by atoms with Crippen molar-refractivity contribution in [2.24, 2.45) is 0 Å². The van der Waals surface area contributed by atoms with E-state index in [1.54, 1.807) is 28.4 Å². The molecule has 0 amide bonds. The second-order valence-corrected chi connectivity index (χ2v) is 5.72. The molecule has 0 aliphatic heterocycles. The smallest absolute Gasteiger partial charge is 0.161 e. The number of rotatable bonds is 6. The van der Waals surface area contributed by atoms with Crippen molar-refractivity contribution in [3.63, 3.8) is 0 Å². The van der Waals surface area contributed by atoms with Crippen LogP contribution in [0.1, 0.15) is 0 Å². The first-order valence-electron chi connectivity index (χ1n) is 8.25. The van der Waals surface area contributed by atoms with Crippen LogP contribution < -0.4 is 18.9 Å². The van der Waals surface area contributed by atoms with E-state index in [0.29, 0.717) is 11.5 Å². The Hall–Kier alpha value is -3.14. The third-order valence-corrected chi connectivity index (χ3v) is 4.32. The molecule has 4 nitrogen and oxygen atoms in total. The van der Waals surface area contributed by atoms with Crippen molar-refractivity contribution >= 4 is 0 Å². The van der Waals surface area contributed by atoms with Crippen molar-refractivity contribution in [2.45, 2.75) is 0 Å². The van der Waals surface area contributed by atoms with Crippen LogP contribution in [0, 0.1) is 0 Å². The standard InChI is InChI=1S/C22H22O4/c1-23-19-11-9-17(13-21(19)25-3)15-5-7-16(8-6-15)18-10-12-20(24-2)22(14-18)26-4/h5-14H,1-4H3. The molecule has 0 saturated heterocycles. The van der Waals surface area contributed by atoms with E-state index < -0.39 is 0 Å². The van der Waals surface area contributed by atoms with Gasteiger partial charge in [-0.3, -0.25) is 0 Å². The Bertz CT molecular complexity index is 811. The van der Waals surface area contributed by atoms with E-state index in [1.165, 1.54) is 0 Å². The van der Waals surface area contributed by atoms with Crippen LogP contribution in [-0.2, 0) is 0 Å². The first-order valence-corrected chi connectivity index (χ1v) is 8.25. The van der Waals surface area contributed by atoms with Gasteiger partial charge in [-0.15, -0.1) is 0 Å². The molecule has 3 aromatic rings. The van der Waals surface area contributed by atoms with E-state index in [0.717, 1.165) is 33.8 Å². The maximum Gasteiger partial charge on any atom is 0.161 e. The van der Waals surface area contributed by atoms with E-state index >= 15 is 0 Å². The normalized spacial score (nSPS) is 10.3. The van der Waals surface area contributed by atoms with Gasteiger partial charge >= 0.3 is 0 Å². The third kappa shape index (κ3) is 3.45. The highest BCUT2D eigenvalue weighted by Gasteiger charge is 2.08. The number of hydrogen-bond donors (Lipinski definition) is 0. The number of benzene rings is 3. The summed E-state index contributed by atoms with van der Waals surface area (Å²) in [7, 11) is 6.55. The molecule has 0 aliphatic rings. The van der Waals surface area contributed by atoms with Crippen molar-refractivity contribution in [2.75, 3.05) is 28.4 Å². The van der Waals surface area contributed by atoms with Crippen LogP contribution in [0.2, 0.25) is 0 Å². The van der Waals surface area contributed by atoms with E-state index in [4.69, 9.17) is 18.9 Å². The lowest BCUT2D eigenvalue weighted by atomic mass is 10.00. The zero-order chi connectivity index (χ0) is 18.5. The summed E-state index contributed by atoms with van der Waals surface area (Å²) in [5, 5.41) is 0. The van der Waals surface area contributed by atoms with Crippen LogP contribution >= 0.6 is 0 Å². The summed E-state index contributed by atoms with van der Waals surface area (Å²) in [6.45, 7) is 0. The zero-order valence-electron chi connectivity index (χ0n) is 15.4. The average Bonchev–Trinajstić information content (AvgIpc) is 2.72. The Balaban J connectivity index is 1.92. The minimum Gasteiger partial charge on any atom is -0.493 e. The van der Waals surface area contributed by atoms with Crippen molar-refractivity contribution in [1.82, 2.24) is 0 Å². The number of ether oxygens (including phenoxy) is 4. The lowest BCUT2D eigenvalue weighted by molar-refractivity contribution is 0.355. The van der Waals surface area contributed by atoms with E-state index in [1.807, 2.05) is 36.4 Å². The highest BCUT2D eigenvalue weighted by atomic mass is 16.5. The van der Waals surface area contributed by atoms with Crippen molar-refractivity contribution in [3.05, 3.63) is 60.7 Å². The Kier molecular flexibility index (Phi) is 5.32. The maximum absolute atomic E-state index is 5.39. The molecule has 0 spiro atoms. The van der Waals surface area contributed by atoms with Crippen LogP contribution in [0.15, 0.2) is 60.7 Å². The zero-order valence-corrected chi connectivity index (χ0v) is 15.4. The van der Waals surface area contributed by atoms with Gasteiger partial charge in [0.15, 0.2) is 23.0 Å². The Labute approximate surface area is 153 Å². The van der Waals surface area contributed by atoms with Crippen LogP contribution in [0.4, 0.5) is 0 Å². The molecule has 0 atom stereocenters. The van der Waals surface area contributed by atoms with Gasteiger partial charge in [-0.1, -0.05) is 36.4 Å². The Morgan fingerprint density at radius 3 is 1.00 bits per heavy atom. The molecular formula is C22H22O4. The van der Waals surface area contributed by atoms with Gasteiger partial charge in [0.1, 0.15) is 0 Å². The fraction of sp³-hybridized carbons (Fsp3) is 0.182. The summed E-state index contributed by atoms with van der Waals surface area (Å²) >= 11 is 0. The van der Waals surface area contributed by atoms with Gasteiger partial charge in [-0.25, -0.2) is 0 Å². The molecule has 0 radical (unpaired) electrons. The summed E-state index contributed by atoms with van der Waals surface area (Å²) in [5.41, 5.74) is 4.35. The monoisotopic (exact) mass is 350 g/mol. The first-order chi connectivity index (χ1) is 12.7. The molecular weight excluding hydrogens is 328 g/mol. The molecule has 0 aromatic heterocycles. The largest absolute Gasteiger partial charge is 0.493 e.